The molecule has 0 radical (unpaired) electrons. The third-order valence-electron chi connectivity index (χ3n) is 4.00. The molecule has 2 aliphatic heterocycles. The van der Waals surface area contributed by atoms with Crippen LogP contribution in [-0.2, 0) is 9.53 Å². The Morgan fingerprint density at radius 1 is 1.40 bits per heavy atom. The molecule has 0 aromatic carbocycles. The van der Waals surface area contributed by atoms with Crippen molar-refractivity contribution in [2.24, 2.45) is 4.99 Å². The van der Waals surface area contributed by atoms with Gasteiger partial charge in [-0.15, -0.1) is 0 Å². The smallest absolute Gasteiger partial charge is 0.380 e. The number of allylic oxidation sites excluding steroid dienone is 4. The van der Waals surface area contributed by atoms with Crippen LogP contribution < -0.4 is 5.43 Å². The van der Waals surface area contributed by atoms with E-state index in [1.165, 1.54) is 18.2 Å². The molecule has 0 aliphatic carbocycles. The van der Waals surface area contributed by atoms with Gasteiger partial charge in [0.05, 0.1) is 30.1 Å². The Morgan fingerprint density at radius 2 is 2.08 bits per heavy atom. The summed E-state index contributed by atoms with van der Waals surface area (Å²) in [5, 5.41) is 1.21. The molecule has 0 saturated carbocycles. The van der Waals surface area contributed by atoms with E-state index < -0.39 is 11.7 Å². The van der Waals surface area contributed by atoms with Crippen molar-refractivity contribution in [2.45, 2.75) is 26.4 Å². The Hall–Kier alpha value is -2.35. The Bertz CT molecular complexity index is 715. The molecule has 0 aromatic heterocycles. The van der Waals surface area contributed by atoms with Gasteiger partial charge in [-0.25, -0.2) is 5.01 Å². The second kappa shape index (κ2) is 7.26. The Labute approximate surface area is 144 Å². The summed E-state index contributed by atoms with van der Waals surface area (Å²) in [4.78, 5) is 16.5. The number of hydrogen-bond acceptors (Lipinski definition) is 4. The van der Waals surface area contributed by atoms with E-state index in [4.69, 9.17) is 4.74 Å². The second-order valence-electron chi connectivity index (χ2n) is 5.62. The minimum absolute atomic E-state index is 0.00890. The molecule has 1 amide bonds. The van der Waals surface area contributed by atoms with Crippen LogP contribution in [0, 0.1) is 0 Å². The van der Waals surface area contributed by atoms with Crippen LogP contribution >= 0.6 is 0 Å². The molecular weight excluding hydrogens is 335 g/mol. The third kappa shape index (κ3) is 3.84. The molecule has 8 heteroatoms. The van der Waals surface area contributed by atoms with E-state index in [9.17, 15) is 18.0 Å². The number of rotatable bonds is 5. The topological polar surface area (TPSA) is 53.9 Å². The van der Waals surface area contributed by atoms with Crippen LogP contribution in [0.1, 0.15) is 20.3 Å². The zero-order valence-electron chi connectivity index (χ0n) is 14.3. The lowest BCUT2D eigenvalue weighted by Crippen LogP contribution is -2.39. The van der Waals surface area contributed by atoms with E-state index in [-0.39, 0.29) is 31.2 Å². The number of carbonyl (C=O) groups excluding carboxylic acids is 1. The largest absolute Gasteiger partial charge is 0.418 e. The standard InChI is InChI=1S/C17H20F3N3O2/c1-5-15-14(17(18,19)20)7-6-12(8-21-15)22-23-11(3)10(2)13(9-25-4)16(23)24/h6-7,22H,3,5,8-9H2,1-2,4H3. The first-order valence-corrected chi connectivity index (χ1v) is 7.71. The van der Waals surface area contributed by atoms with Crippen molar-refractivity contribution in [1.29, 1.82) is 0 Å². The zero-order valence-corrected chi connectivity index (χ0v) is 14.3. The van der Waals surface area contributed by atoms with Crippen LogP contribution in [0.25, 0.3) is 0 Å². The number of aliphatic imine (C=N–C) groups is 1. The molecule has 0 unspecified atom stereocenters. The van der Waals surface area contributed by atoms with Gasteiger partial charge in [0.15, 0.2) is 0 Å². The average molecular weight is 355 g/mol. The number of halogens is 3. The fraction of sp³-hybridized carbons (Fsp3) is 0.412. The Morgan fingerprint density at radius 3 is 2.64 bits per heavy atom. The van der Waals surface area contributed by atoms with Gasteiger partial charge in [0.2, 0.25) is 0 Å². The summed E-state index contributed by atoms with van der Waals surface area (Å²) in [5.74, 6) is -0.339. The molecule has 0 bridgehead atoms. The maximum Gasteiger partial charge on any atom is 0.418 e. The SMILES string of the molecule is C=C1C(C)=C(COC)C(=O)N1NC1=CC=C(C(F)(F)F)C(CC)=NC1. The number of nitrogens with zero attached hydrogens (tertiary/aromatic N) is 2. The molecule has 0 atom stereocenters. The molecule has 2 rings (SSSR count). The normalized spacial score (nSPS) is 19.0. The van der Waals surface area contributed by atoms with Crippen molar-refractivity contribution in [3.05, 3.63) is 46.8 Å². The summed E-state index contributed by atoms with van der Waals surface area (Å²) >= 11 is 0. The lowest BCUT2D eigenvalue weighted by molar-refractivity contribution is -0.126. The second-order valence-corrected chi connectivity index (χ2v) is 5.62. The third-order valence-corrected chi connectivity index (χ3v) is 4.00. The van der Waals surface area contributed by atoms with E-state index in [0.717, 1.165) is 6.08 Å². The number of methoxy groups -OCH3 is 1. The van der Waals surface area contributed by atoms with E-state index >= 15 is 0 Å². The Kier molecular flexibility index (Phi) is 5.52. The fourth-order valence-electron chi connectivity index (χ4n) is 2.57. The molecule has 2 aliphatic rings. The van der Waals surface area contributed by atoms with Crippen LogP contribution in [0.2, 0.25) is 0 Å². The van der Waals surface area contributed by atoms with Crippen molar-refractivity contribution in [3.8, 4) is 0 Å². The summed E-state index contributed by atoms with van der Waals surface area (Å²) < 4.78 is 44.3. The van der Waals surface area contributed by atoms with Gasteiger partial charge in [0.1, 0.15) is 0 Å². The molecule has 5 nitrogen and oxygen atoms in total. The maximum atomic E-state index is 13.1. The van der Waals surface area contributed by atoms with E-state index in [1.807, 2.05) is 0 Å². The highest BCUT2D eigenvalue weighted by Crippen LogP contribution is 2.30. The molecule has 1 N–H and O–H groups in total. The number of amides is 1. The lowest BCUT2D eigenvalue weighted by atomic mass is 10.1. The lowest BCUT2D eigenvalue weighted by Gasteiger charge is -2.22. The number of nitrogens with one attached hydrogen (secondary N) is 1. The molecule has 2 heterocycles. The van der Waals surface area contributed by atoms with E-state index in [0.29, 0.717) is 22.5 Å². The fourth-order valence-corrected chi connectivity index (χ4v) is 2.57. The minimum atomic E-state index is -4.47. The molecule has 0 spiro atoms. The molecule has 136 valence electrons. The van der Waals surface area contributed by atoms with Gasteiger partial charge < -0.3 is 4.74 Å². The van der Waals surface area contributed by atoms with Crippen molar-refractivity contribution in [2.75, 3.05) is 20.3 Å². The van der Waals surface area contributed by atoms with Gasteiger partial charge in [-0.2, -0.15) is 13.2 Å². The minimum Gasteiger partial charge on any atom is -0.380 e. The summed E-state index contributed by atoms with van der Waals surface area (Å²) in [7, 11) is 1.48. The highest BCUT2D eigenvalue weighted by atomic mass is 19.4. The van der Waals surface area contributed by atoms with Crippen molar-refractivity contribution < 1.29 is 22.7 Å². The van der Waals surface area contributed by atoms with Gasteiger partial charge in [-0.3, -0.25) is 15.2 Å². The number of ether oxygens (including phenoxy) is 1. The quantitative estimate of drug-likeness (QED) is 0.825. The van der Waals surface area contributed by atoms with Crippen LogP contribution in [0.4, 0.5) is 13.2 Å². The van der Waals surface area contributed by atoms with Crippen LogP contribution in [0.15, 0.2) is 51.8 Å². The van der Waals surface area contributed by atoms with Gasteiger partial charge in [0, 0.05) is 18.4 Å². The van der Waals surface area contributed by atoms with Crippen LogP contribution in [0.5, 0.6) is 0 Å². The number of alkyl halides is 3. The summed E-state index contributed by atoms with van der Waals surface area (Å²) in [6.45, 7) is 7.35. The van der Waals surface area contributed by atoms with E-state index in [2.05, 4.69) is 17.0 Å². The van der Waals surface area contributed by atoms with Crippen molar-refractivity contribution >= 4 is 11.6 Å². The Balaban J connectivity index is 2.24. The first-order valence-electron chi connectivity index (χ1n) is 7.71. The average Bonchev–Trinajstić information content (AvgIpc) is 2.73. The molecular formula is C17H20F3N3O2. The van der Waals surface area contributed by atoms with Crippen LogP contribution in [0.3, 0.4) is 0 Å². The molecule has 0 aromatic rings. The summed E-state index contributed by atoms with van der Waals surface area (Å²) in [6.07, 6.45) is -2.03. The summed E-state index contributed by atoms with van der Waals surface area (Å²) in [6, 6.07) is 0. The predicted octanol–water partition coefficient (Wildman–Crippen LogP) is 3.05. The maximum absolute atomic E-state index is 13.1. The van der Waals surface area contributed by atoms with E-state index in [1.54, 1.807) is 13.8 Å². The van der Waals surface area contributed by atoms with Gasteiger partial charge in [-0.1, -0.05) is 13.5 Å². The summed E-state index contributed by atoms with van der Waals surface area (Å²) in [5.41, 5.74) is 3.97. The van der Waals surface area contributed by atoms with Crippen molar-refractivity contribution in [3.63, 3.8) is 0 Å². The predicted molar refractivity (Wildman–Crippen MR) is 88.5 cm³/mol. The molecule has 0 fully saturated rings. The molecule has 25 heavy (non-hydrogen) atoms. The number of carbonyl (C=O) groups is 1. The zero-order chi connectivity index (χ0) is 18.8. The molecule has 0 saturated heterocycles. The first kappa shape index (κ1) is 19.0. The monoisotopic (exact) mass is 355 g/mol. The highest BCUT2D eigenvalue weighted by Gasteiger charge is 2.37. The number of hydrogen-bond donors (Lipinski definition) is 1. The van der Waals surface area contributed by atoms with Crippen molar-refractivity contribution in [1.82, 2.24) is 10.4 Å². The van der Waals surface area contributed by atoms with Gasteiger partial charge in [0.25, 0.3) is 5.91 Å². The van der Waals surface area contributed by atoms with Crippen LogP contribution in [-0.4, -0.2) is 43.1 Å². The first-order chi connectivity index (χ1) is 11.7. The van der Waals surface area contributed by atoms with Gasteiger partial charge >= 0.3 is 6.18 Å². The highest BCUT2D eigenvalue weighted by molar-refractivity contribution is 6.02. The number of hydrazine groups is 1. The van der Waals surface area contributed by atoms with Gasteiger partial charge in [-0.05, 0) is 31.1 Å².